The largest absolute Gasteiger partial charge is 0.489 e. The van der Waals surface area contributed by atoms with Gasteiger partial charge >= 0.3 is 0 Å². The molecule has 0 radical (unpaired) electrons. The summed E-state index contributed by atoms with van der Waals surface area (Å²) in [5, 5.41) is 0. The van der Waals surface area contributed by atoms with E-state index in [-0.39, 0.29) is 5.56 Å². The lowest BCUT2D eigenvalue weighted by Crippen LogP contribution is -2.37. The Hall–Kier alpha value is -3.38. The molecule has 6 nitrogen and oxygen atoms in total. The number of aromatic amines is 1. The average Bonchev–Trinajstić information content (AvgIpc) is 2.74. The summed E-state index contributed by atoms with van der Waals surface area (Å²) >= 11 is 0. The minimum Gasteiger partial charge on any atom is -0.489 e. The molecule has 3 heterocycles. The third kappa shape index (κ3) is 3.54. The monoisotopic (exact) mass is 386 g/mol. The standard InChI is InChI=1S/C23H22N4O2/c24-18-7-5-16(6-8-18)22-25-20-9-10-27(13-19(20)23(28)26-22)12-15-11-17-3-1-2-4-21(17)29-14-15/h1-8,11H,9-10,12-14,24H2,(H,25,26,28). The van der Waals surface area contributed by atoms with Gasteiger partial charge in [0.15, 0.2) is 0 Å². The number of aromatic nitrogens is 2. The van der Waals surface area contributed by atoms with E-state index in [2.05, 4.69) is 22.0 Å². The van der Waals surface area contributed by atoms with Crippen LogP contribution in [0, 0.1) is 0 Å². The van der Waals surface area contributed by atoms with Crippen molar-refractivity contribution in [2.24, 2.45) is 0 Å². The highest BCUT2D eigenvalue weighted by atomic mass is 16.5. The Morgan fingerprint density at radius 3 is 2.83 bits per heavy atom. The van der Waals surface area contributed by atoms with E-state index < -0.39 is 0 Å². The van der Waals surface area contributed by atoms with Crippen LogP contribution in [0.2, 0.25) is 0 Å². The summed E-state index contributed by atoms with van der Waals surface area (Å²) in [6.07, 6.45) is 2.95. The highest BCUT2D eigenvalue weighted by Gasteiger charge is 2.23. The number of ether oxygens (including phenoxy) is 1. The van der Waals surface area contributed by atoms with Crippen molar-refractivity contribution in [1.82, 2.24) is 14.9 Å². The van der Waals surface area contributed by atoms with Crippen LogP contribution in [0.25, 0.3) is 17.5 Å². The highest BCUT2D eigenvalue weighted by molar-refractivity contribution is 5.62. The predicted molar refractivity (Wildman–Crippen MR) is 114 cm³/mol. The number of para-hydroxylation sites is 1. The Balaban J connectivity index is 1.36. The molecule has 3 N–H and O–H groups in total. The maximum absolute atomic E-state index is 12.7. The molecule has 5 rings (SSSR count). The van der Waals surface area contributed by atoms with E-state index >= 15 is 0 Å². The molecule has 0 aliphatic carbocycles. The molecule has 0 fully saturated rings. The molecule has 3 aromatic rings. The van der Waals surface area contributed by atoms with Crippen LogP contribution >= 0.6 is 0 Å². The molecule has 146 valence electrons. The number of nitrogens with two attached hydrogens (primary N) is 1. The molecule has 0 spiro atoms. The average molecular weight is 386 g/mol. The van der Waals surface area contributed by atoms with Gasteiger partial charge in [0, 0.05) is 42.9 Å². The second-order valence-corrected chi connectivity index (χ2v) is 7.55. The molecule has 0 bridgehead atoms. The molecule has 2 aromatic carbocycles. The summed E-state index contributed by atoms with van der Waals surface area (Å²) in [4.78, 5) is 22.7. The van der Waals surface area contributed by atoms with Gasteiger partial charge in [-0.05, 0) is 42.0 Å². The number of fused-ring (bicyclic) bond motifs is 2. The van der Waals surface area contributed by atoms with Crippen molar-refractivity contribution in [2.45, 2.75) is 13.0 Å². The van der Waals surface area contributed by atoms with Gasteiger partial charge < -0.3 is 15.5 Å². The van der Waals surface area contributed by atoms with Crippen molar-refractivity contribution >= 4 is 11.8 Å². The number of nitrogens with one attached hydrogen (secondary N) is 1. The third-order valence-electron chi connectivity index (χ3n) is 5.45. The molecule has 6 heteroatoms. The predicted octanol–water partition coefficient (Wildman–Crippen LogP) is 2.85. The van der Waals surface area contributed by atoms with Crippen LogP contribution in [0.15, 0.2) is 58.9 Å². The zero-order valence-electron chi connectivity index (χ0n) is 16.0. The van der Waals surface area contributed by atoms with E-state index in [1.54, 1.807) is 0 Å². The molecule has 0 atom stereocenters. The number of hydrogen-bond acceptors (Lipinski definition) is 5. The number of rotatable bonds is 3. The molecule has 0 unspecified atom stereocenters. The van der Waals surface area contributed by atoms with Gasteiger partial charge in [-0.15, -0.1) is 0 Å². The molecule has 29 heavy (non-hydrogen) atoms. The summed E-state index contributed by atoms with van der Waals surface area (Å²) in [6.45, 7) is 2.83. The zero-order valence-corrected chi connectivity index (χ0v) is 16.0. The van der Waals surface area contributed by atoms with Crippen LogP contribution in [0.1, 0.15) is 16.8 Å². The minimum atomic E-state index is -0.0641. The van der Waals surface area contributed by atoms with E-state index in [0.717, 1.165) is 47.6 Å². The lowest BCUT2D eigenvalue weighted by Gasteiger charge is -2.29. The summed E-state index contributed by atoms with van der Waals surface area (Å²) in [5.74, 6) is 1.53. The second kappa shape index (κ2) is 7.22. The lowest BCUT2D eigenvalue weighted by atomic mass is 10.0. The first-order valence-corrected chi connectivity index (χ1v) is 9.77. The number of anilines is 1. The van der Waals surface area contributed by atoms with Crippen LogP contribution in [-0.4, -0.2) is 34.6 Å². The van der Waals surface area contributed by atoms with E-state index in [0.29, 0.717) is 24.7 Å². The van der Waals surface area contributed by atoms with Gasteiger partial charge in [0.1, 0.15) is 18.2 Å². The number of nitrogens with zero attached hydrogens (tertiary/aromatic N) is 2. The maximum atomic E-state index is 12.7. The fourth-order valence-corrected chi connectivity index (χ4v) is 3.94. The van der Waals surface area contributed by atoms with Gasteiger partial charge in [-0.3, -0.25) is 9.69 Å². The van der Waals surface area contributed by atoms with Crippen LogP contribution < -0.4 is 16.0 Å². The topological polar surface area (TPSA) is 84.2 Å². The van der Waals surface area contributed by atoms with Crippen LogP contribution in [-0.2, 0) is 13.0 Å². The smallest absolute Gasteiger partial charge is 0.255 e. The molecule has 1 aromatic heterocycles. The van der Waals surface area contributed by atoms with E-state index in [9.17, 15) is 4.79 Å². The Bertz CT molecular complexity index is 1150. The summed E-state index contributed by atoms with van der Waals surface area (Å²) in [7, 11) is 0. The molecule has 0 saturated carbocycles. The molecule has 0 saturated heterocycles. The number of benzene rings is 2. The van der Waals surface area contributed by atoms with E-state index in [1.807, 2.05) is 42.5 Å². The quantitative estimate of drug-likeness (QED) is 0.676. The van der Waals surface area contributed by atoms with Gasteiger partial charge in [0.05, 0.1) is 11.3 Å². The molecule has 2 aliphatic heterocycles. The van der Waals surface area contributed by atoms with Gasteiger partial charge in [0.25, 0.3) is 5.56 Å². The fourth-order valence-electron chi connectivity index (χ4n) is 3.94. The minimum absolute atomic E-state index is 0.0641. The molecular weight excluding hydrogens is 364 g/mol. The lowest BCUT2D eigenvalue weighted by molar-refractivity contribution is 0.254. The van der Waals surface area contributed by atoms with E-state index in [4.69, 9.17) is 15.5 Å². The SMILES string of the molecule is Nc1ccc(-c2nc3c(c(=O)[nH]2)CN(CC2=Cc4ccccc4OC2)CC3)cc1. The molecule has 2 aliphatic rings. The number of nitrogen functional groups attached to an aromatic ring is 1. The first-order valence-electron chi connectivity index (χ1n) is 9.77. The van der Waals surface area contributed by atoms with Gasteiger partial charge in [-0.1, -0.05) is 18.2 Å². The highest BCUT2D eigenvalue weighted by Crippen LogP contribution is 2.27. The zero-order chi connectivity index (χ0) is 19.8. The van der Waals surface area contributed by atoms with Crippen LogP contribution in [0.5, 0.6) is 5.75 Å². The van der Waals surface area contributed by atoms with Crippen molar-refractivity contribution < 1.29 is 4.74 Å². The Morgan fingerprint density at radius 2 is 1.97 bits per heavy atom. The first-order chi connectivity index (χ1) is 14.2. The van der Waals surface area contributed by atoms with Crippen molar-refractivity contribution in [1.29, 1.82) is 0 Å². The summed E-state index contributed by atoms with van der Waals surface area (Å²) in [5.41, 5.74) is 11.2. The van der Waals surface area contributed by atoms with Crippen molar-refractivity contribution in [2.75, 3.05) is 25.4 Å². The summed E-state index contributed by atoms with van der Waals surface area (Å²) in [6, 6.07) is 15.4. The Kier molecular flexibility index (Phi) is 4.41. The van der Waals surface area contributed by atoms with Crippen molar-refractivity contribution in [3.8, 4) is 17.1 Å². The molecular formula is C23H22N4O2. The Morgan fingerprint density at radius 1 is 1.14 bits per heavy atom. The van der Waals surface area contributed by atoms with E-state index in [1.165, 1.54) is 5.57 Å². The van der Waals surface area contributed by atoms with Crippen LogP contribution in [0.3, 0.4) is 0 Å². The summed E-state index contributed by atoms with van der Waals surface area (Å²) < 4.78 is 5.86. The normalized spacial score (nSPS) is 15.8. The number of hydrogen-bond donors (Lipinski definition) is 2. The van der Waals surface area contributed by atoms with Gasteiger partial charge in [-0.25, -0.2) is 4.98 Å². The van der Waals surface area contributed by atoms with Crippen molar-refractivity contribution in [3.05, 3.63) is 81.3 Å². The van der Waals surface area contributed by atoms with Crippen molar-refractivity contribution in [3.63, 3.8) is 0 Å². The maximum Gasteiger partial charge on any atom is 0.255 e. The van der Waals surface area contributed by atoms with Gasteiger partial charge in [-0.2, -0.15) is 0 Å². The van der Waals surface area contributed by atoms with Crippen LogP contribution in [0.4, 0.5) is 5.69 Å². The second-order valence-electron chi connectivity index (χ2n) is 7.55. The number of H-pyrrole nitrogens is 1. The first kappa shape index (κ1) is 17.7. The Labute approximate surface area is 168 Å². The van der Waals surface area contributed by atoms with Gasteiger partial charge in [0.2, 0.25) is 0 Å². The molecule has 0 amide bonds. The third-order valence-corrected chi connectivity index (χ3v) is 5.45. The fraction of sp³-hybridized carbons (Fsp3) is 0.217.